The Labute approximate surface area is 234 Å². The number of nitrogens with zero attached hydrogens (tertiary/aromatic N) is 4. The molecule has 1 aromatic carbocycles. The third-order valence-corrected chi connectivity index (χ3v) is 6.65. The van der Waals surface area contributed by atoms with E-state index in [9.17, 15) is 9.59 Å². The van der Waals surface area contributed by atoms with Gasteiger partial charge in [0.2, 0.25) is 6.41 Å². The highest BCUT2D eigenvalue weighted by atomic mass is 16.2. The maximum atomic E-state index is 12.2. The number of nitrogens with one attached hydrogen (secondary N) is 1. The van der Waals surface area contributed by atoms with E-state index >= 15 is 0 Å². The van der Waals surface area contributed by atoms with Crippen LogP contribution in [0.3, 0.4) is 0 Å². The maximum Gasteiger partial charge on any atom is 0.253 e. The number of amides is 2. The molecule has 0 aliphatic carbocycles. The fraction of sp³-hybridized carbons (Fsp3) is 0.406. The summed E-state index contributed by atoms with van der Waals surface area (Å²) in [5, 5.41) is 3.05. The first-order chi connectivity index (χ1) is 18.6. The summed E-state index contributed by atoms with van der Waals surface area (Å²) in [6, 6.07) is 11.8. The Hall–Kier alpha value is -3.71. The number of carbonyl (C=O) groups excluding carboxylic acids is 2. The van der Waals surface area contributed by atoms with Crippen molar-refractivity contribution in [3.05, 3.63) is 89.2 Å². The molecule has 0 radical (unpaired) electrons. The molecule has 2 rings (SSSR count). The van der Waals surface area contributed by atoms with Crippen LogP contribution in [0.4, 0.5) is 5.82 Å². The second-order valence-electron chi connectivity index (χ2n) is 10.4. The standard InChI is InChI=1S/C32H45N5O2/c1-9-26(27-10-12-28(13-11-27)32(39)36(7)8)16-19-37(23-38)22-24(2)20-25(3)30(17-18-35(5)6)29-14-15-31(33-4)34-21-29/h10-15,17,20-21,23,26H,3,9,16,18-19,22H2,1-2,4-8H3,(H,33,34)/b24-20+,30-17+. The Morgan fingerprint density at radius 2 is 1.74 bits per heavy atom. The molecule has 1 N–H and O–H groups in total. The molecule has 0 bridgehead atoms. The first-order valence-corrected chi connectivity index (χ1v) is 13.5. The van der Waals surface area contributed by atoms with E-state index < -0.39 is 0 Å². The number of aromatic nitrogens is 1. The van der Waals surface area contributed by atoms with Crippen molar-refractivity contribution in [3.63, 3.8) is 0 Å². The van der Waals surface area contributed by atoms with Crippen LogP contribution >= 0.6 is 0 Å². The number of anilines is 1. The Morgan fingerprint density at radius 3 is 2.26 bits per heavy atom. The lowest BCUT2D eigenvalue weighted by Gasteiger charge is -2.22. The molecule has 0 saturated heterocycles. The van der Waals surface area contributed by atoms with E-state index in [1.165, 1.54) is 5.56 Å². The van der Waals surface area contributed by atoms with Gasteiger partial charge in [0.15, 0.2) is 0 Å². The van der Waals surface area contributed by atoms with Gasteiger partial charge in [-0.15, -0.1) is 0 Å². The van der Waals surface area contributed by atoms with Crippen molar-refractivity contribution < 1.29 is 9.59 Å². The lowest BCUT2D eigenvalue weighted by atomic mass is 9.92. The van der Waals surface area contributed by atoms with Crippen molar-refractivity contribution in [1.82, 2.24) is 19.7 Å². The molecular formula is C32H45N5O2. The summed E-state index contributed by atoms with van der Waals surface area (Å²) in [6.07, 6.45) is 8.80. The molecule has 1 heterocycles. The van der Waals surface area contributed by atoms with E-state index in [4.69, 9.17) is 0 Å². The monoisotopic (exact) mass is 531 g/mol. The quantitative estimate of drug-likeness (QED) is 0.249. The van der Waals surface area contributed by atoms with Crippen molar-refractivity contribution in [2.75, 3.05) is 60.2 Å². The normalized spacial score (nSPS) is 12.7. The van der Waals surface area contributed by atoms with Gasteiger partial charge in [0.25, 0.3) is 5.91 Å². The molecule has 2 aromatic rings. The first-order valence-electron chi connectivity index (χ1n) is 13.5. The van der Waals surface area contributed by atoms with Gasteiger partial charge >= 0.3 is 0 Å². The number of rotatable bonds is 15. The summed E-state index contributed by atoms with van der Waals surface area (Å²) in [7, 11) is 9.42. The minimum absolute atomic E-state index is 0.00320. The molecule has 0 aliphatic heterocycles. The summed E-state index contributed by atoms with van der Waals surface area (Å²) < 4.78 is 0. The highest BCUT2D eigenvalue weighted by Crippen LogP contribution is 2.26. The van der Waals surface area contributed by atoms with Crippen LogP contribution in [0.5, 0.6) is 0 Å². The van der Waals surface area contributed by atoms with Gasteiger partial charge in [-0.1, -0.05) is 43.4 Å². The van der Waals surface area contributed by atoms with Crippen molar-refractivity contribution in [2.45, 2.75) is 32.6 Å². The second kappa shape index (κ2) is 15.6. The van der Waals surface area contributed by atoms with Crippen molar-refractivity contribution in [1.29, 1.82) is 0 Å². The smallest absolute Gasteiger partial charge is 0.253 e. The number of benzene rings is 1. The topological polar surface area (TPSA) is 68.8 Å². The van der Waals surface area contributed by atoms with E-state index in [1.807, 2.05) is 75.6 Å². The lowest BCUT2D eigenvalue weighted by molar-refractivity contribution is -0.117. The van der Waals surface area contributed by atoms with Crippen LogP contribution in [0.25, 0.3) is 5.57 Å². The molecule has 2 amide bonds. The van der Waals surface area contributed by atoms with Gasteiger partial charge in [-0.05, 0) is 80.8 Å². The zero-order chi connectivity index (χ0) is 28.9. The Bertz CT molecular complexity index is 1150. The zero-order valence-electron chi connectivity index (χ0n) is 24.7. The number of pyridine rings is 1. The molecule has 210 valence electrons. The third kappa shape index (κ3) is 9.84. The van der Waals surface area contributed by atoms with Crippen molar-refractivity contribution >= 4 is 23.7 Å². The minimum atomic E-state index is -0.00320. The average molecular weight is 532 g/mol. The highest BCUT2D eigenvalue weighted by molar-refractivity contribution is 5.93. The van der Waals surface area contributed by atoms with E-state index in [-0.39, 0.29) is 5.91 Å². The Kier molecular flexibility index (Phi) is 12.6. The van der Waals surface area contributed by atoms with Gasteiger partial charge < -0.3 is 20.0 Å². The van der Waals surface area contributed by atoms with Gasteiger partial charge in [0.05, 0.1) is 0 Å². The van der Waals surface area contributed by atoms with Gasteiger partial charge in [-0.3, -0.25) is 9.59 Å². The van der Waals surface area contributed by atoms with Crippen LogP contribution in [0.2, 0.25) is 0 Å². The predicted molar refractivity (Wildman–Crippen MR) is 163 cm³/mol. The molecule has 0 fully saturated rings. The van der Waals surface area contributed by atoms with Crippen LogP contribution in [-0.2, 0) is 4.79 Å². The molecule has 39 heavy (non-hydrogen) atoms. The fourth-order valence-corrected chi connectivity index (χ4v) is 4.40. The number of carbonyl (C=O) groups is 2. The number of hydrogen-bond donors (Lipinski definition) is 1. The van der Waals surface area contributed by atoms with Gasteiger partial charge in [0, 0.05) is 58.1 Å². The van der Waals surface area contributed by atoms with Crippen LogP contribution in [-0.4, -0.2) is 86.9 Å². The molecular weight excluding hydrogens is 486 g/mol. The fourth-order valence-electron chi connectivity index (χ4n) is 4.40. The summed E-state index contributed by atoms with van der Waals surface area (Å²) in [4.78, 5) is 34.1. The molecule has 0 saturated carbocycles. The summed E-state index contributed by atoms with van der Waals surface area (Å²) in [6.45, 7) is 10.5. The SMILES string of the molecule is C=C(/C=C(\C)CN(C=O)CCC(CC)c1ccc(C(=O)N(C)C)cc1)/C(=C\CN(C)C)c1ccc(NC)nc1. The Balaban J connectivity index is 2.09. The van der Waals surface area contributed by atoms with E-state index in [2.05, 4.69) is 40.9 Å². The predicted octanol–water partition coefficient (Wildman–Crippen LogP) is 5.31. The molecule has 0 spiro atoms. The van der Waals surface area contributed by atoms with Gasteiger partial charge in [0.1, 0.15) is 5.82 Å². The second-order valence-corrected chi connectivity index (χ2v) is 10.4. The highest BCUT2D eigenvalue weighted by Gasteiger charge is 2.14. The van der Waals surface area contributed by atoms with Crippen LogP contribution in [0, 0.1) is 0 Å². The number of allylic oxidation sites excluding steroid dienone is 3. The van der Waals surface area contributed by atoms with Crippen LogP contribution < -0.4 is 5.32 Å². The Morgan fingerprint density at radius 1 is 1.08 bits per heavy atom. The third-order valence-electron chi connectivity index (χ3n) is 6.65. The van der Waals surface area contributed by atoms with E-state index in [0.29, 0.717) is 24.6 Å². The van der Waals surface area contributed by atoms with Gasteiger partial charge in [-0.2, -0.15) is 0 Å². The first kappa shape index (κ1) is 31.5. The summed E-state index contributed by atoms with van der Waals surface area (Å²) in [5.74, 6) is 1.12. The number of hydrogen-bond acceptors (Lipinski definition) is 5. The minimum Gasteiger partial charge on any atom is -0.373 e. The van der Waals surface area contributed by atoms with Crippen LogP contribution in [0.15, 0.2) is 72.5 Å². The average Bonchev–Trinajstić information content (AvgIpc) is 2.92. The van der Waals surface area contributed by atoms with E-state index in [0.717, 1.165) is 53.9 Å². The van der Waals surface area contributed by atoms with Gasteiger partial charge in [-0.25, -0.2) is 4.98 Å². The molecule has 1 aromatic heterocycles. The number of likely N-dealkylation sites (N-methyl/N-ethyl adjacent to an activating group) is 1. The molecule has 7 heteroatoms. The maximum absolute atomic E-state index is 12.2. The molecule has 1 unspecified atom stereocenters. The molecule has 0 aliphatic rings. The summed E-state index contributed by atoms with van der Waals surface area (Å²) in [5.41, 5.74) is 5.84. The largest absolute Gasteiger partial charge is 0.373 e. The summed E-state index contributed by atoms with van der Waals surface area (Å²) >= 11 is 0. The van der Waals surface area contributed by atoms with Crippen molar-refractivity contribution in [3.8, 4) is 0 Å². The van der Waals surface area contributed by atoms with E-state index in [1.54, 1.807) is 19.0 Å². The lowest BCUT2D eigenvalue weighted by Crippen LogP contribution is -2.26. The molecule has 7 nitrogen and oxygen atoms in total. The van der Waals surface area contributed by atoms with Crippen molar-refractivity contribution in [2.24, 2.45) is 0 Å². The van der Waals surface area contributed by atoms with Crippen LogP contribution in [0.1, 0.15) is 54.1 Å². The molecule has 1 atom stereocenters. The zero-order valence-corrected chi connectivity index (χ0v) is 24.7.